The van der Waals surface area contributed by atoms with Gasteiger partial charge >= 0.3 is 0 Å². The summed E-state index contributed by atoms with van der Waals surface area (Å²) < 4.78 is 0. The summed E-state index contributed by atoms with van der Waals surface area (Å²) in [6, 6.07) is 6.21. The molecule has 0 heterocycles. The largest absolute Gasteiger partial charge is 0.321 e. The maximum atomic E-state index is 12.0. The highest BCUT2D eigenvalue weighted by atomic mass is 16.1. The minimum atomic E-state index is -0.527. The first kappa shape index (κ1) is 12.6. The number of nitrogens with two attached hydrogens (primary N) is 1. The lowest BCUT2D eigenvalue weighted by atomic mass is 9.94. The zero-order valence-electron chi connectivity index (χ0n) is 9.64. The minimum Gasteiger partial charge on any atom is -0.321 e. The second-order valence-corrected chi connectivity index (χ2v) is 4.31. The van der Waals surface area contributed by atoms with E-state index in [-0.39, 0.29) is 5.78 Å². The predicted molar refractivity (Wildman–Crippen MR) is 63.6 cm³/mol. The number of rotatable bonds is 5. The van der Waals surface area contributed by atoms with Crippen LogP contribution in [-0.4, -0.2) is 18.1 Å². The van der Waals surface area contributed by atoms with Crippen molar-refractivity contribution in [2.45, 2.75) is 26.3 Å². The van der Waals surface area contributed by atoms with Gasteiger partial charge in [0.05, 0.1) is 6.04 Å². The van der Waals surface area contributed by atoms with Gasteiger partial charge in [0.1, 0.15) is 0 Å². The van der Waals surface area contributed by atoms with Crippen LogP contribution in [0.15, 0.2) is 24.3 Å². The standard InChI is InChI=1S/C13H17NO2/c1-9(2)7-12(14)13(16)11-6-4-3-5-10(11)8-15/h3-6,8-9,12H,7,14H2,1-2H3/t12-/m0/s1. The zero-order valence-corrected chi connectivity index (χ0v) is 9.64. The number of Topliss-reactive ketones (excluding diaryl/α,β-unsaturated/α-hetero) is 1. The molecule has 0 aliphatic carbocycles. The van der Waals surface area contributed by atoms with Crippen LogP contribution in [0.4, 0.5) is 0 Å². The summed E-state index contributed by atoms with van der Waals surface area (Å²) in [6.45, 7) is 4.03. The van der Waals surface area contributed by atoms with E-state index in [1.807, 2.05) is 13.8 Å². The molecule has 3 nitrogen and oxygen atoms in total. The van der Waals surface area contributed by atoms with E-state index in [0.717, 1.165) is 0 Å². The monoisotopic (exact) mass is 219 g/mol. The van der Waals surface area contributed by atoms with Gasteiger partial charge in [0.2, 0.25) is 0 Å². The van der Waals surface area contributed by atoms with E-state index >= 15 is 0 Å². The van der Waals surface area contributed by atoms with Gasteiger partial charge in [0.15, 0.2) is 12.1 Å². The van der Waals surface area contributed by atoms with E-state index in [4.69, 9.17) is 5.73 Å². The summed E-state index contributed by atoms with van der Waals surface area (Å²) in [4.78, 5) is 22.8. The first-order valence-corrected chi connectivity index (χ1v) is 5.40. The van der Waals surface area contributed by atoms with Crippen LogP contribution in [0.25, 0.3) is 0 Å². The Kier molecular flexibility index (Phi) is 4.38. The fourth-order valence-electron chi connectivity index (χ4n) is 1.64. The van der Waals surface area contributed by atoms with Gasteiger partial charge in [-0.1, -0.05) is 38.1 Å². The summed E-state index contributed by atoms with van der Waals surface area (Å²) in [7, 11) is 0. The van der Waals surface area contributed by atoms with Crippen LogP contribution in [-0.2, 0) is 0 Å². The van der Waals surface area contributed by atoms with Crippen LogP contribution in [0.5, 0.6) is 0 Å². The molecule has 1 rings (SSSR count). The van der Waals surface area contributed by atoms with Gasteiger partial charge in [-0.2, -0.15) is 0 Å². The number of ketones is 1. The Morgan fingerprint density at radius 3 is 2.56 bits per heavy atom. The Labute approximate surface area is 95.6 Å². The summed E-state index contributed by atoms with van der Waals surface area (Å²) >= 11 is 0. The molecule has 0 aliphatic heterocycles. The molecule has 0 saturated heterocycles. The maximum absolute atomic E-state index is 12.0. The van der Waals surface area contributed by atoms with Crippen molar-refractivity contribution in [3.63, 3.8) is 0 Å². The highest BCUT2D eigenvalue weighted by molar-refractivity contribution is 6.05. The molecule has 0 saturated carbocycles. The molecule has 2 N–H and O–H groups in total. The molecule has 3 heteroatoms. The second kappa shape index (κ2) is 5.56. The van der Waals surface area contributed by atoms with E-state index < -0.39 is 6.04 Å². The van der Waals surface area contributed by atoms with Crippen LogP contribution < -0.4 is 5.73 Å². The predicted octanol–water partition coefficient (Wildman–Crippen LogP) is 2.06. The topological polar surface area (TPSA) is 60.2 Å². The van der Waals surface area contributed by atoms with Crippen molar-refractivity contribution in [3.8, 4) is 0 Å². The smallest absolute Gasteiger partial charge is 0.180 e. The molecule has 0 aromatic heterocycles. The average Bonchev–Trinajstić information content (AvgIpc) is 2.27. The molecule has 0 fully saturated rings. The van der Waals surface area contributed by atoms with Crippen LogP contribution in [0.3, 0.4) is 0 Å². The number of benzene rings is 1. The van der Waals surface area contributed by atoms with Crippen LogP contribution in [0.1, 0.15) is 41.0 Å². The van der Waals surface area contributed by atoms with Crippen molar-refractivity contribution in [1.82, 2.24) is 0 Å². The Bertz CT molecular complexity index is 385. The van der Waals surface area contributed by atoms with Crippen molar-refractivity contribution in [2.75, 3.05) is 0 Å². The molecule has 1 aromatic carbocycles. The summed E-state index contributed by atoms with van der Waals surface area (Å²) in [5.41, 5.74) is 6.64. The summed E-state index contributed by atoms with van der Waals surface area (Å²) in [5.74, 6) is 0.207. The van der Waals surface area contributed by atoms with Crippen molar-refractivity contribution in [3.05, 3.63) is 35.4 Å². The Morgan fingerprint density at radius 1 is 1.38 bits per heavy atom. The molecule has 16 heavy (non-hydrogen) atoms. The number of hydrogen-bond acceptors (Lipinski definition) is 3. The van der Waals surface area contributed by atoms with Gasteiger partial charge in [0, 0.05) is 11.1 Å². The lowest BCUT2D eigenvalue weighted by Gasteiger charge is -2.13. The Morgan fingerprint density at radius 2 is 2.00 bits per heavy atom. The average molecular weight is 219 g/mol. The molecule has 1 aromatic rings. The molecular formula is C13H17NO2. The lowest BCUT2D eigenvalue weighted by molar-refractivity contribution is 0.0946. The first-order chi connectivity index (χ1) is 7.56. The highest BCUT2D eigenvalue weighted by Crippen LogP contribution is 2.12. The fraction of sp³-hybridized carbons (Fsp3) is 0.385. The van der Waals surface area contributed by atoms with Gasteiger partial charge in [-0.05, 0) is 12.3 Å². The first-order valence-electron chi connectivity index (χ1n) is 5.40. The number of carbonyl (C=O) groups excluding carboxylic acids is 2. The summed E-state index contributed by atoms with van der Waals surface area (Å²) in [5, 5.41) is 0. The van der Waals surface area contributed by atoms with Crippen LogP contribution in [0.2, 0.25) is 0 Å². The van der Waals surface area contributed by atoms with E-state index in [0.29, 0.717) is 29.8 Å². The molecule has 0 amide bonds. The molecule has 0 radical (unpaired) electrons. The van der Waals surface area contributed by atoms with Crippen molar-refractivity contribution >= 4 is 12.1 Å². The highest BCUT2D eigenvalue weighted by Gasteiger charge is 2.19. The number of carbonyl (C=O) groups is 2. The molecular weight excluding hydrogens is 202 g/mol. The quantitative estimate of drug-likeness (QED) is 0.609. The Hall–Kier alpha value is -1.48. The normalized spacial score (nSPS) is 12.5. The van der Waals surface area contributed by atoms with E-state index in [1.54, 1.807) is 24.3 Å². The molecule has 0 bridgehead atoms. The fourth-order valence-corrected chi connectivity index (χ4v) is 1.64. The van der Waals surface area contributed by atoms with Crippen molar-refractivity contribution < 1.29 is 9.59 Å². The van der Waals surface area contributed by atoms with Crippen molar-refractivity contribution in [1.29, 1.82) is 0 Å². The molecule has 0 aliphatic rings. The molecule has 0 spiro atoms. The maximum Gasteiger partial charge on any atom is 0.180 e. The van der Waals surface area contributed by atoms with E-state index in [9.17, 15) is 9.59 Å². The van der Waals surface area contributed by atoms with Crippen LogP contribution >= 0.6 is 0 Å². The minimum absolute atomic E-state index is 0.156. The van der Waals surface area contributed by atoms with E-state index in [2.05, 4.69) is 0 Å². The molecule has 0 unspecified atom stereocenters. The molecule has 86 valence electrons. The zero-order chi connectivity index (χ0) is 12.1. The number of hydrogen-bond donors (Lipinski definition) is 1. The van der Waals surface area contributed by atoms with Gasteiger partial charge in [-0.25, -0.2) is 0 Å². The summed E-state index contributed by atoms with van der Waals surface area (Å²) in [6.07, 6.45) is 1.32. The van der Waals surface area contributed by atoms with Crippen molar-refractivity contribution in [2.24, 2.45) is 11.7 Å². The van der Waals surface area contributed by atoms with E-state index in [1.165, 1.54) is 0 Å². The second-order valence-electron chi connectivity index (χ2n) is 4.31. The third-order valence-electron chi connectivity index (χ3n) is 2.42. The SMILES string of the molecule is CC(C)C[C@H](N)C(=O)c1ccccc1C=O. The van der Waals surface area contributed by atoms with Crippen LogP contribution in [0, 0.1) is 5.92 Å². The molecule has 1 atom stereocenters. The third-order valence-corrected chi connectivity index (χ3v) is 2.42. The van der Waals surface area contributed by atoms with Gasteiger partial charge in [0.25, 0.3) is 0 Å². The van der Waals surface area contributed by atoms with Gasteiger partial charge in [-0.15, -0.1) is 0 Å². The lowest BCUT2D eigenvalue weighted by Crippen LogP contribution is -2.32. The van der Waals surface area contributed by atoms with Gasteiger partial charge in [-0.3, -0.25) is 9.59 Å². The van der Waals surface area contributed by atoms with Gasteiger partial charge < -0.3 is 5.73 Å². The number of aldehydes is 1. The third kappa shape index (κ3) is 3.00. The Balaban J connectivity index is 2.91.